The minimum absolute atomic E-state index is 0.514. The summed E-state index contributed by atoms with van der Waals surface area (Å²) in [6.07, 6.45) is 0. The Morgan fingerprint density at radius 1 is 0.343 bits per heavy atom. The van der Waals surface area contributed by atoms with Crippen LogP contribution in [-0.4, -0.2) is 4.57 Å². The van der Waals surface area contributed by atoms with E-state index in [2.05, 4.69) is 265 Å². The molecule has 0 unspecified atom stereocenters. The quantitative estimate of drug-likeness (QED) is 0.147. The molecule has 10 aromatic carbocycles. The fourth-order valence-electron chi connectivity index (χ4n) is 10.5. The average molecular weight is 907 g/mol. The van der Waals surface area contributed by atoms with Crippen LogP contribution >= 0.6 is 0 Å². The molecule has 70 heavy (non-hydrogen) atoms. The summed E-state index contributed by atoms with van der Waals surface area (Å²) in [5, 5.41) is 2.53. The van der Waals surface area contributed by atoms with Crippen LogP contribution in [0.3, 0.4) is 0 Å². The molecule has 2 nitrogen and oxygen atoms in total. The Balaban J connectivity index is 0.000000978. The second kappa shape index (κ2) is 21.0. The Hall–Kier alpha value is -8.20. The van der Waals surface area contributed by atoms with E-state index >= 15 is 0 Å². The van der Waals surface area contributed by atoms with Crippen LogP contribution in [0.2, 0.25) is 0 Å². The second-order valence-electron chi connectivity index (χ2n) is 16.9. The van der Waals surface area contributed by atoms with Crippen molar-refractivity contribution >= 4 is 38.9 Å². The molecule has 344 valence electrons. The van der Waals surface area contributed by atoms with Gasteiger partial charge < -0.3 is 9.47 Å². The summed E-state index contributed by atoms with van der Waals surface area (Å²) in [4.78, 5) is 2.46. The molecule has 0 saturated heterocycles. The van der Waals surface area contributed by atoms with Gasteiger partial charge in [0.2, 0.25) is 0 Å². The fraction of sp³-hybridized carbons (Fsp3) is 0.118. The molecular weight excluding hydrogens is 845 g/mol. The van der Waals surface area contributed by atoms with Crippen molar-refractivity contribution in [3.8, 4) is 39.1 Å². The molecule has 12 rings (SSSR count). The van der Waals surface area contributed by atoms with Crippen molar-refractivity contribution in [2.24, 2.45) is 0 Å². The summed E-state index contributed by atoms with van der Waals surface area (Å²) in [5.74, 6) is 0. The molecule has 0 bridgehead atoms. The Kier molecular flexibility index (Phi) is 14.1. The van der Waals surface area contributed by atoms with E-state index < -0.39 is 5.41 Å². The lowest BCUT2D eigenvalue weighted by molar-refractivity contribution is 0.768. The molecule has 1 aromatic heterocycles. The van der Waals surface area contributed by atoms with E-state index in [9.17, 15) is 0 Å². The lowest BCUT2D eigenvalue weighted by Crippen LogP contribution is -2.28. The van der Waals surface area contributed by atoms with Gasteiger partial charge in [-0.05, 0) is 129 Å². The number of hydrogen-bond acceptors (Lipinski definition) is 1. The smallest absolute Gasteiger partial charge is 0.0714 e. The van der Waals surface area contributed by atoms with Crippen LogP contribution in [0.1, 0.15) is 69.4 Å². The number of anilines is 3. The highest BCUT2D eigenvalue weighted by Gasteiger charge is 2.46. The number of benzene rings is 10. The first-order chi connectivity index (χ1) is 34.7. The Morgan fingerprint density at radius 2 is 0.814 bits per heavy atom. The first kappa shape index (κ1) is 46.9. The van der Waals surface area contributed by atoms with Crippen LogP contribution in [0.4, 0.5) is 17.1 Å². The van der Waals surface area contributed by atoms with Gasteiger partial charge in [-0.2, -0.15) is 0 Å². The third-order valence-electron chi connectivity index (χ3n) is 13.4. The van der Waals surface area contributed by atoms with Gasteiger partial charge in [0.25, 0.3) is 0 Å². The van der Waals surface area contributed by atoms with Crippen molar-refractivity contribution in [3.63, 3.8) is 0 Å². The highest BCUT2D eigenvalue weighted by atomic mass is 15.1. The maximum Gasteiger partial charge on any atom is 0.0714 e. The van der Waals surface area contributed by atoms with E-state index in [4.69, 9.17) is 0 Å². The van der Waals surface area contributed by atoms with Crippen LogP contribution in [-0.2, 0) is 5.41 Å². The summed E-state index contributed by atoms with van der Waals surface area (Å²) >= 11 is 0. The zero-order valence-electron chi connectivity index (χ0n) is 41.6. The number of fused-ring (bicyclic) bond motifs is 6. The monoisotopic (exact) mass is 906 g/mol. The number of para-hydroxylation sites is 2. The molecule has 0 fully saturated rings. The maximum absolute atomic E-state index is 2.49. The van der Waals surface area contributed by atoms with E-state index in [1.165, 1.54) is 77.4 Å². The van der Waals surface area contributed by atoms with E-state index in [0.29, 0.717) is 0 Å². The minimum atomic E-state index is -0.514. The van der Waals surface area contributed by atoms with Crippen molar-refractivity contribution in [1.82, 2.24) is 4.57 Å². The summed E-state index contributed by atoms with van der Waals surface area (Å²) < 4.78 is 2.38. The zero-order valence-corrected chi connectivity index (χ0v) is 41.6. The van der Waals surface area contributed by atoms with Gasteiger partial charge in [-0.15, -0.1) is 0 Å². The highest BCUT2D eigenvalue weighted by molar-refractivity contribution is 6.09. The second-order valence-corrected chi connectivity index (χ2v) is 16.9. The van der Waals surface area contributed by atoms with Crippen molar-refractivity contribution in [3.05, 3.63) is 277 Å². The number of nitrogens with zero attached hydrogens (tertiary/aromatic N) is 2. The molecule has 0 radical (unpaired) electrons. The third-order valence-corrected chi connectivity index (χ3v) is 13.4. The molecule has 0 atom stereocenters. The molecule has 0 amide bonds. The SMILES string of the molecule is CC.CC.CC.Cc1cc2c(cc1N(c1ccc(-c3ccccc3)cc1)c1cccc(-c3ccc(-n4c5ccccc5c5ccccc54)cc3)c1)C(c1ccccc1)(c1ccccc1)c1ccccc1-2. The van der Waals surface area contributed by atoms with E-state index in [-0.39, 0.29) is 0 Å². The maximum atomic E-state index is 2.49. The van der Waals surface area contributed by atoms with Gasteiger partial charge in [-0.3, -0.25) is 0 Å². The number of rotatable bonds is 8. The van der Waals surface area contributed by atoms with Crippen LogP contribution in [0, 0.1) is 6.92 Å². The molecule has 1 aliphatic carbocycles. The van der Waals surface area contributed by atoms with E-state index in [1.54, 1.807) is 0 Å². The van der Waals surface area contributed by atoms with Crippen molar-refractivity contribution < 1.29 is 0 Å². The molecule has 0 aliphatic heterocycles. The van der Waals surface area contributed by atoms with Gasteiger partial charge in [0.05, 0.1) is 16.4 Å². The van der Waals surface area contributed by atoms with Crippen LogP contribution < -0.4 is 4.90 Å². The third kappa shape index (κ3) is 8.20. The molecule has 11 aromatic rings. The van der Waals surface area contributed by atoms with Crippen molar-refractivity contribution in [2.45, 2.75) is 53.9 Å². The molecule has 0 saturated carbocycles. The first-order valence-corrected chi connectivity index (χ1v) is 25.2. The average Bonchev–Trinajstić information content (AvgIpc) is 3.94. The number of aromatic nitrogens is 1. The van der Waals surface area contributed by atoms with Gasteiger partial charge >= 0.3 is 0 Å². The number of hydrogen-bond donors (Lipinski definition) is 0. The summed E-state index contributed by atoms with van der Waals surface area (Å²) in [6, 6.07) is 91.3. The lowest BCUT2D eigenvalue weighted by Gasteiger charge is -2.35. The van der Waals surface area contributed by atoms with Gasteiger partial charge in [0.15, 0.2) is 0 Å². The van der Waals surface area contributed by atoms with Gasteiger partial charge in [-0.1, -0.05) is 230 Å². The minimum Gasteiger partial charge on any atom is -0.310 e. The fourth-order valence-corrected chi connectivity index (χ4v) is 10.5. The standard InChI is InChI=1S/C62H44N2.3C2H6/c1-43-40-56-53-26-11-14-29-57(53)62(48-21-7-3-8-22-48,49-23-9-4-10-24-49)58(56)42-61(43)63(50-36-32-45(33-37-50)44-18-5-2-6-19-44)52-25-17-20-47(41-52)46-34-38-51(39-35-46)64-59-30-15-12-27-54(59)55-28-13-16-31-60(55)64;3*1-2/h2-42H,1H3;3*1-2H3. The molecule has 1 heterocycles. The Morgan fingerprint density at radius 3 is 1.41 bits per heavy atom. The van der Waals surface area contributed by atoms with E-state index in [0.717, 1.165) is 28.3 Å². The molecular formula is C68H62N2. The summed E-state index contributed by atoms with van der Waals surface area (Å²) in [7, 11) is 0. The highest BCUT2D eigenvalue weighted by Crippen LogP contribution is 2.58. The van der Waals surface area contributed by atoms with Gasteiger partial charge in [0.1, 0.15) is 0 Å². The van der Waals surface area contributed by atoms with E-state index in [1.807, 2.05) is 41.5 Å². The van der Waals surface area contributed by atoms with Crippen LogP contribution in [0.5, 0.6) is 0 Å². The molecule has 0 N–H and O–H groups in total. The lowest BCUT2D eigenvalue weighted by atomic mass is 9.67. The topological polar surface area (TPSA) is 8.17 Å². The molecule has 0 spiro atoms. The molecule has 1 aliphatic rings. The zero-order chi connectivity index (χ0) is 48.6. The Labute approximate surface area is 415 Å². The molecule has 2 heteroatoms. The Bertz CT molecular complexity index is 3380. The van der Waals surface area contributed by atoms with Gasteiger partial charge in [-0.25, -0.2) is 0 Å². The summed E-state index contributed by atoms with van der Waals surface area (Å²) in [6.45, 7) is 14.3. The van der Waals surface area contributed by atoms with Gasteiger partial charge in [0, 0.05) is 33.5 Å². The van der Waals surface area contributed by atoms with Crippen LogP contribution in [0.15, 0.2) is 249 Å². The predicted molar refractivity (Wildman–Crippen MR) is 302 cm³/mol. The summed E-state index contributed by atoms with van der Waals surface area (Å²) in [5.41, 5.74) is 20.0. The number of aryl methyl sites for hydroxylation is 1. The van der Waals surface area contributed by atoms with Crippen LogP contribution in [0.25, 0.3) is 60.9 Å². The predicted octanol–water partition coefficient (Wildman–Crippen LogP) is 19.3. The van der Waals surface area contributed by atoms with Crippen molar-refractivity contribution in [1.29, 1.82) is 0 Å². The largest absolute Gasteiger partial charge is 0.310 e. The first-order valence-electron chi connectivity index (χ1n) is 25.2. The normalized spacial score (nSPS) is 11.8. The van der Waals surface area contributed by atoms with Crippen molar-refractivity contribution in [2.75, 3.05) is 4.90 Å².